The van der Waals surface area contributed by atoms with E-state index < -0.39 is 5.97 Å². The Hall–Kier alpha value is -2.58. The van der Waals surface area contributed by atoms with Crippen LogP contribution in [0.25, 0.3) is 0 Å². The number of hydrogen-bond donors (Lipinski definition) is 1. The van der Waals surface area contributed by atoms with Gasteiger partial charge in [-0.2, -0.15) is 5.26 Å². The van der Waals surface area contributed by atoms with Crippen molar-refractivity contribution in [2.75, 3.05) is 5.73 Å². The number of nitrogen functional groups attached to an aromatic ring is 1. The molecule has 0 atom stereocenters. The Bertz CT molecular complexity index is 695. The third-order valence-electron chi connectivity index (χ3n) is 2.52. The quantitative estimate of drug-likeness (QED) is 0.692. The van der Waals surface area contributed by atoms with Crippen LogP contribution >= 0.6 is 11.6 Å². The molecule has 0 aliphatic carbocycles. The molecular formula is C14H10ClN3O2. The summed E-state index contributed by atoms with van der Waals surface area (Å²) in [5, 5.41) is 9.01. The van der Waals surface area contributed by atoms with Gasteiger partial charge in [-0.25, -0.2) is 9.78 Å². The Labute approximate surface area is 120 Å². The van der Waals surface area contributed by atoms with Crippen molar-refractivity contribution in [3.05, 3.63) is 58.4 Å². The fraction of sp³-hybridized carbons (Fsp3) is 0.0714. The standard InChI is InChI=1S/C14H10ClN3O2/c15-13-2-1-10(17)6-12(13)14(19)20-8-9-3-4-18-11(5-9)7-16/h1-6H,8,17H2. The van der Waals surface area contributed by atoms with Gasteiger partial charge in [0.15, 0.2) is 0 Å². The summed E-state index contributed by atoms with van der Waals surface area (Å²) >= 11 is 5.91. The number of esters is 1. The lowest BCUT2D eigenvalue weighted by atomic mass is 10.2. The van der Waals surface area contributed by atoms with E-state index in [1.807, 2.05) is 6.07 Å². The Morgan fingerprint density at radius 2 is 2.20 bits per heavy atom. The molecule has 0 unspecified atom stereocenters. The van der Waals surface area contributed by atoms with Crippen LogP contribution in [0, 0.1) is 11.3 Å². The molecule has 5 nitrogen and oxygen atoms in total. The van der Waals surface area contributed by atoms with E-state index in [1.54, 1.807) is 18.2 Å². The summed E-state index contributed by atoms with van der Waals surface area (Å²) in [6.45, 7) is 0.0289. The molecule has 0 amide bonds. The Morgan fingerprint density at radius 3 is 2.95 bits per heavy atom. The van der Waals surface area contributed by atoms with E-state index in [1.165, 1.54) is 18.3 Å². The fourth-order valence-corrected chi connectivity index (χ4v) is 1.75. The highest BCUT2D eigenvalue weighted by atomic mass is 35.5. The van der Waals surface area contributed by atoms with Crippen LogP contribution in [0.2, 0.25) is 5.02 Å². The minimum absolute atomic E-state index is 0.0289. The topological polar surface area (TPSA) is 89.0 Å². The molecular weight excluding hydrogens is 278 g/mol. The van der Waals surface area contributed by atoms with Crippen LogP contribution in [0.5, 0.6) is 0 Å². The van der Waals surface area contributed by atoms with E-state index in [0.717, 1.165) is 0 Å². The number of aromatic nitrogens is 1. The average Bonchev–Trinajstić information content (AvgIpc) is 2.47. The second-order valence-electron chi connectivity index (χ2n) is 3.98. The molecule has 100 valence electrons. The number of nitriles is 1. The van der Waals surface area contributed by atoms with Crippen LogP contribution in [-0.2, 0) is 11.3 Å². The van der Waals surface area contributed by atoms with Gasteiger partial charge in [0.25, 0.3) is 0 Å². The molecule has 1 heterocycles. The van der Waals surface area contributed by atoms with Crippen LogP contribution in [0.15, 0.2) is 36.5 Å². The summed E-state index contributed by atoms with van der Waals surface area (Å²) in [6, 6.07) is 9.72. The highest BCUT2D eigenvalue weighted by molar-refractivity contribution is 6.33. The second kappa shape index (κ2) is 6.04. The van der Waals surface area contributed by atoms with Gasteiger partial charge in [0.2, 0.25) is 0 Å². The summed E-state index contributed by atoms with van der Waals surface area (Å²) < 4.78 is 5.13. The number of carbonyl (C=O) groups excluding carboxylic acids is 1. The SMILES string of the molecule is N#Cc1cc(COC(=O)c2cc(N)ccc2Cl)ccn1. The van der Waals surface area contributed by atoms with E-state index in [9.17, 15) is 4.79 Å². The lowest BCUT2D eigenvalue weighted by molar-refractivity contribution is 0.0473. The zero-order valence-corrected chi connectivity index (χ0v) is 11.1. The zero-order chi connectivity index (χ0) is 14.5. The molecule has 2 aromatic rings. The number of nitrogens with two attached hydrogens (primary N) is 1. The summed E-state index contributed by atoms with van der Waals surface area (Å²) in [5.74, 6) is -0.572. The largest absolute Gasteiger partial charge is 0.457 e. The van der Waals surface area contributed by atoms with Crippen LogP contribution < -0.4 is 5.73 Å². The highest BCUT2D eigenvalue weighted by Crippen LogP contribution is 2.20. The van der Waals surface area contributed by atoms with E-state index in [2.05, 4.69) is 4.98 Å². The molecule has 6 heteroatoms. The monoisotopic (exact) mass is 287 g/mol. The lowest BCUT2D eigenvalue weighted by Crippen LogP contribution is -2.07. The number of nitrogens with zero attached hydrogens (tertiary/aromatic N) is 2. The summed E-state index contributed by atoms with van der Waals surface area (Å²) in [6.07, 6.45) is 1.48. The first kappa shape index (κ1) is 13.8. The normalized spacial score (nSPS) is 9.80. The maximum absolute atomic E-state index is 11.9. The third-order valence-corrected chi connectivity index (χ3v) is 2.85. The smallest absolute Gasteiger partial charge is 0.340 e. The zero-order valence-electron chi connectivity index (χ0n) is 10.3. The first-order valence-corrected chi connectivity index (χ1v) is 6.05. The van der Waals surface area contributed by atoms with Crippen molar-refractivity contribution in [1.82, 2.24) is 4.98 Å². The molecule has 0 radical (unpaired) electrons. The minimum Gasteiger partial charge on any atom is -0.457 e. The first-order chi connectivity index (χ1) is 9.60. The highest BCUT2D eigenvalue weighted by Gasteiger charge is 2.12. The molecule has 2 rings (SSSR count). The number of ether oxygens (including phenoxy) is 1. The summed E-state index contributed by atoms with van der Waals surface area (Å²) in [5.41, 5.74) is 7.17. The maximum atomic E-state index is 11.9. The van der Waals surface area contributed by atoms with Gasteiger partial charge in [-0.05, 0) is 35.9 Å². The van der Waals surface area contributed by atoms with Gasteiger partial charge in [0, 0.05) is 11.9 Å². The fourth-order valence-electron chi connectivity index (χ4n) is 1.55. The molecule has 0 saturated heterocycles. The molecule has 1 aromatic heterocycles. The van der Waals surface area contributed by atoms with Crippen LogP contribution in [0.1, 0.15) is 21.6 Å². The van der Waals surface area contributed by atoms with Gasteiger partial charge in [0.1, 0.15) is 18.4 Å². The maximum Gasteiger partial charge on any atom is 0.340 e. The molecule has 0 fully saturated rings. The molecule has 0 saturated carbocycles. The Morgan fingerprint density at radius 1 is 1.40 bits per heavy atom. The van der Waals surface area contributed by atoms with Gasteiger partial charge >= 0.3 is 5.97 Å². The molecule has 20 heavy (non-hydrogen) atoms. The Kier molecular flexibility index (Phi) is 4.18. The minimum atomic E-state index is -0.572. The molecule has 1 aromatic carbocycles. The summed E-state index contributed by atoms with van der Waals surface area (Å²) in [7, 11) is 0. The van der Waals surface area contributed by atoms with Gasteiger partial charge in [-0.1, -0.05) is 11.6 Å². The van der Waals surface area contributed by atoms with Gasteiger partial charge in [0.05, 0.1) is 10.6 Å². The van der Waals surface area contributed by atoms with E-state index in [-0.39, 0.29) is 22.9 Å². The first-order valence-electron chi connectivity index (χ1n) is 5.67. The number of anilines is 1. The van der Waals surface area contributed by atoms with Gasteiger partial charge < -0.3 is 10.5 Å². The van der Waals surface area contributed by atoms with Crippen molar-refractivity contribution in [3.63, 3.8) is 0 Å². The second-order valence-corrected chi connectivity index (χ2v) is 4.38. The number of hydrogen-bond acceptors (Lipinski definition) is 5. The predicted molar refractivity (Wildman–Crippen MR) is 73.9 cm³/mol. The van der Waals surface area contributed by atoms with Crippen molar-refractivity contribution < 1.29 is 9.53 Å². The van der Waals surface area contributed by atoms with Crippen molar-refractivity contribution in [1.29, 1.82) is 5.26 Å². The number of carbonyl (C=O) groups is 1. The molecule has 2 N–H and O–H groups in total. The predicted octanol–water partition coefficient (Wildman–Crippen LogP) is 2.55. The molecule has 0 spiro atoms. The summed E-state index contributed by atoms with van der Waals surface area (Å²) in [4.78, 5) is 15.7. The lowest BCUT2D eigenvalue weighted by Gasteiger charge is -2.07. The van der Waals surface area contributed by atoms with Gasteiger partial charge in [-0.3, -0.25) is 0 Å². The number of rotatable bonds is 3. The van der Waals surface area contributed by atoms with Crippen LogP contribution in [-0.4, -0.2) is 11.0 Å². The third kappa shape index (κ3) is 3.25. The van der Waals surface area contributed by atoms with Crippen LogP contribution in [0.3, 0.4) is 0 Å². The number of benzene rings is 1. The van der Waals surface area contributed by atoms with Crippen LogP contribution in [0.4, 0.5) is 5.69 Å². The van der Waals surface area contributed by atoms with Crippen molar-refractivity contribution in [2.45, 2.75) is 6.61 Å². The average molecular weight is 288 g/mol. The molecule has 0 aliphatic rings. The van der Waals surface area contributed by atoms with Crippen molar-refractivity contribution >= 4 is 23.3 Å². The van der Waals surface area contributed by atoms with Gasteiger partial charge in [-0.15, -0.1) is 0 Å². The van der Waals surface area contributed by atoms with E-state index in [0.29, 0.717) is 11.3 Å². The molecule has 0 aliphatic heterocycles. The van der Waals surface area contributed by atoms with Crippen molar-refractivity contribution in [3.8, 4) is 6.07 Å². The van der Waals surface area contributed by atoms with Crippen molar-refractivity contribution in [2.24, 2.45) is 0 Å². The number of pyridine rings is 1. The Balaban J connectivity index is 2.09. The van der Waals surface area contributed by atoms with E-state index >= 15 is 0 Å². The van der Waals surface area contributed by atoms with E-state index in [4.69, 9.17) is 27.3 Å². The number of halogens is 1. The molecule has 0 bridgehead atoms.